The summed E-state index contributed by atoms with van der Waals surface area (Å²) in [6, 6.07) is 1.52. The van der Waals surface area contributed by atoms with Gasteiger partial charge in [-0.2, -0.15) is 5.10 Å². The molecule has 8 heteroatoms. The molecule has 1 N–H and O–H groups in total. The molecule has 1 saturated carbocycles. The Bertz CT molecular complexity index is 967. The van der Waals surface area contributed by atoms with Gasteiger partial charge >= 0.3 is 0 Å². The Labute approximate surface area is 182 Å². The summed E-state index contributed by atoms with van der Waals surface area (Å²) < 4.78 is 0. The predicted octanol–water partition coefficient (Wildman–Crippen LogP) is 3.34. The third kappa shape index (κ3) is 3.83. The molecule has 0 bridgehead atoms. The van der Waals surface area contributed by atoms with Crippen LogP contribution in [0.3, 0.4) is 0 Å². The first-order valence-electron chi connectivity index (χ1n) is 11.6. The van der Waals surface area contributed by atoms with Crippen molar-refractivity contribution >= 4 is 17.6 Å². The number of nitrogens with one attached hydrogen (secondary N) is 1. The standard InChI is InChI=1S/C23H30N6O2/c1-15-17-9-10-20(30)29(14-16-6-3-2-4-7-16)22(17)26-21(25-15)19-8-5-13-28(19)23(31)18-11-12-24-27-18/h11-12,16,19H,2-10,13-14H2,1H3,(H,24,27). The molecule has 0 radical (unpaired) electrons. The third-order valence-electron chi connectivity index (χ3n) is 7.06. The number of hydrogen-bond acceptors (Lipinski definition) is 5. The van der Waals surface area contributed by atoms with Gasteiger partial charge in [0.15, 0.2) is 5.82 Å². The predicted molar refractivity (Wildman–Crippen MR) is 116 cm³/mol. The maximum Gasteiger partial charge on any atom is 0.272 e. The number of amides is 2. The van der Waals surface area contributed by atoms with Crippen molar-refractivity contribution in [2.45, 2.75) is 70.8 Å². The maximum absolute atomic E-state index is 13.0. The van der Waals surface area contributed by atoms with E-state index < -0.39 is 0 Å². The number of likely N-dealkylation sites (tertiary alicyclic amines) is 1. The molecule has 0 spiro atoms. The number of fused-ring (bicyclic) bond motifs is 1. The molecule has 1 atom stereocenters. The zero-order valence-electron chi connectivity index (χ0n) is 18.1. The summed E-state index contributed by atoms with van der Waals surface area (Å²) in [7, 11) is 0. The van der Waals surface area contributed by atoms with E-state index >= 15 is 0 Å². The van der Waals surface area contributed by atoms with Gasteiger partial charge in [-0.25, -0.2) is 9.97 Å². The molecule has 4 heterocycles. The number of hydrogen-bond donors (Lipinski definition) is 1. The molecule has 1 unspecified atom stereocenters. The van der Waals surface area contributed by atoms with Crippen LogP contribution < -0.4 is 4.90 Å². The summed E-state index contributed by atoms with van der Waals surface area (Å²) in [5.74, 6) is 2.08. The van der Waals surface area contributed by atoms with Crippen LogP contribution in [0.1, 0.15) is 85.0 Å². The Morgan fingerprint density at radius 1 is 1.13 bits per heavy atom. The molecule has 2 aliphatic heterocycles. The Balaban J connectivity index is 1.46. The van der Waals surface area contributed by atoms with E-state index in [0.717, 1.165) is 36.5 Å². The Kier molecular flexibility index (Phi) is 5.46. The molecule has 2 aromatic rings. The van der Waals surface area contributed by atoms with Gasteiger partial charge in [0.1, 0.15) is 11.5 Å². The van der Waals surface area contributed by atoms with E-state index in [1.54, 1.807) is 12.3 Å². The second-order valence-electron chi connectivity index (χ2n) is 9.10. The van der Waals surface area contributed by atoms with Crippen molar-refractivity contribution in [3.8, 4) is 0 Å². The van der Waals surface area contributed by atoms with E-state index in [1.807, 2.05) is 16.7 Å². The average Bonchev–Trinajstić information content (AvgIpc) is 3.48. The van der Waals surface area contributed by atoms with Gasteiger partial charge < -0.3 is 4.90 Å². The van der Waals surface area contributed by atoms with Crippen LogP contribution in [0.2, 0.25) is 0 Å². The SMILES string of the molecule is Cc1nc(C2CCCN2C(=O)c2ccn[nH]2)nc2c1CCC(=O)N2CC1CCCCC1. The molecule has 164 valence electrons. The summed E-state index contributed by atoms with van der Waals surface area (Å²) in [5, 5.41) is 6.68. The van der Waals surface area contributed by atoms with E-state index in [9.17, 15) is 9.59 Å². The molecule has 1 aliphatic carbocycles. The molecular weight excluding hydrogens is 392 g/mol. The van der Waals surface area contributed by atoms with Crippen molar-refractivity contribution in [3.63, 3.8) is 0 Å². The molecular formula is C23H30N6O2. The fraction of sp³-hybridized carbons (Fsp3) is 0.609. The van der Waals surface area contributed by atoms with E-state index in [2.05, 4.69) is 10.2 Å². The second kappa shape index (κ2) is 8.40. The van der Waals surface area contributed by atoms with Gasteiger partial charge in [-0.1, -0.05) is 19.3 Å². The summed E-state index contributed by atoms with van der Waals surface area (Å²) in [4.78, 5) is 39.4. The Morgan fingerprint density at radius 3 is 2.74 bits per heavy atom. The number of nitrogens with zero attached hydrogens (tertiary/aromatic N) is 5. The second-order valence-corrected chi connectivity index (χ2v) is 9.10. The summed E-state index contributed by atoms with van der Waals surface area (Å²) in [5.41, 5.74) is 2.50. The van der Waals surface area contributed by atoms with Crippen LogP contribution in [0, 0.1) is 12.8 Å². The van der Waals surface area contributed by atoms with Gasteiger partial charge in [-0.3, -0.25) is 19.6 Å². The van der Waals surface area contributed by atoms with Crippen molar-refractivity contribution in [3.05, 3.63) is 35.0 Å². The molecule has 2 fully saturated rings. The lowest BCUT2D eigenvalue weighted by Crippen LogP contribution is -2.41. The van der Waals surface area contributed by atoms with Crippen LogP contribution in [0.25, 0.3) is 0 Å². The first kappa shape index (κ1) is 20.2. The molecule has 2 aromatic heterocycles. The molecule has 0 aromatic carbocycles. The third-order valence-corrected chi connectivity index (χ3v) is 7.06. The quantitative estimate of drug-likeness (QED) is 0.815. The first-order chi connectivity index (χ1) is 15.1. The van der Waals surface area contributed by atoms with Gasteiger partial charge in [0, 0.05) is 37.0 Å². The highest BCUT2D eigenvalue weighted by molar-refractivity contribution is 5.95. The Hall–Kier alpha value is -2.77. The molecule has 1 saturated heterocycles. The minimum atomic E-state index is -0.173. The lowest BCUT2D eigenvalue weighted by molar-refractivity contribution is -0.119. The number of H-pyrrole nitrogens is 1. The van der Waals surface area contributed by atoms with E-state index in [0.29, 0.717) is 36.8 Å². The first-order valence-corrected chi connectivity index (χ1v) is 11.6. The van der Waals surface area contributed by atoms with Crippen LogP contribution in [0.15, 0.2) is 12.3 Å². The largest absolute Gasteiger partial charge is 0.327 e. The molecule has 2 amide bonds. The zero-order chi connectivity index (χ0) is 21.4. The van der Waals surface area contributed by atoms with Crippen LogP contribution in [-0.4, -0.2) is 50.0 Å². The number of aryl methyl sites for hydroxylation is 1. The number of aromatic nitrogens is 4. The number of carbonyl (C=O) groups is 2. The fourth-order valence-electron chi connectivity index (χ4n) is 5.38. The van der Waals surface area contributed by atoms with Crippen LogP contribution in [0.4, 0.5) is 5.82 Å². The van der Waals surface area contributed by atoms with Gasteiger partial charge in [0.05, 0.1) is 6.04 Å². The molecule has 8 nitrogen and oxygen atoms in total. The number of anilines is 1. The number of rotatable bonds is 4. The van der Waals surface area contributed by atoms with E-state index in [-0.39, 0.29) is 17.9 Å². The average molecular weight is 423 g/mol. The highest BCUT2D eigenvalue weighted by Crippen LogP contribution is 2.36. The fourth-order valence-corrected chi connectivity index (χ4v) is 5.38. The highest BCUT2D eigenvalue weighted by atomic mass is 16.2. The van der Waals surface area contributed by atoms with Crippen molar-refractivity contribution in [1.29, 1.82) is 0 Å². The van der Waals surface area contributed by atoms with E-state index in [4.69, 9.17) is 9.97 Å². The topological polar surface area (TPSA) is 95.1 Å². The highest BCUT2D eigenvalue weighted by Gasteiger charge is 2.36. The zero-order valence-corrected chi connectivity index (χ0v) is 18.1. The number of carbonyl (C=O) groups excluding carboxylic acids is 2. The van der Waals surface area contributed by atoms with Gasteiger partial charge in [-0.15, -0.1) is 0 Å². The Morgan fingerprint density at radius 2 is 1.97 bits per heavy atom. The van der Waals surface area contributed by atoms with Crippen molar-refractivity contribution in [2.75, 3.05) is 18.0 Å². The lowest BCUT2D eigenvalue weighted by atomic mass is 9.88. The van der Waals surface area contributed by atoms with Crippen molar-refractivity contribution < 1.29 is 9.59 Å². The lowest BCUT2D eigenvalue weighted by Gasteiger charge is -2.34. The van der Waals surface area contributed by atoms with Crippen molar-refractivity contribution in [1.82, 2.24) is 25.1 Å². The minimum absolute atomic E-state index is 0.0749. The normalized spacial score (nSPS) is 22.1. The summed E-state index contributed by atoms with van der Waals surface area (Å²) in [6.45, 7) is 3.44. The molecule has 3 aliphatic rings. The monoisotopic (exact) mass is 422 g/mol. The van der Waals surface area contributed by atoms with Crippen LogP contribution in [0.5, 0.6) is 0 Å². The number of aromatic amines is 1. The molecule has 5 rings (SSSR count). The smallest absolute Gasteiger partial charge is 0.272 e. The molecule has 31 heavy (non-hydrogen) atoms. The van der Waals surface area contributed by atoms with Gasteiger partial charge in [0.25, 0.3) is 5.91 Å². The van der Waals surface area contributed by atoms with Crippen molar-refractivity contribution in [2.24, 2.45) is 5.92 Å². The van der Waals surface area contributed by atoms with E-state index in [1.165, 1.54) is 32.1 Å². The van der Waals surface area contributed by atoms with Crippen LogP contribution >= 0.6 is 0 Å². The summed E-state index contributed by atoms with van der Waals surface area (Å²) >= 11 is 0. The van der Waals surface area contributed by atoms with Crippen LogP contribution in [-0.2, 0) is 11.2 Å². The maximum atomic E-state index is 13.0. The van der Waals surface area contributed by atoms with Gasteiger partial charge in [-0.05, 0) is 51.0 Å². The minimum Gasteiger partial charge on any atom is -0.327 e. The van der Waals surface area contributed by atoms with Gasteiger partial charge in [0.2, 0.25) is 5.91 Å². The summed E-state index contributed by atoms with van der Waals surface area (Å²) in [6.07, 6.45) is 10.7.